The summed E-state index contributed by atoms with van der Waals surface area (Å²) in [4.78, 5) is 11.4. The Kier molecular flexibility index (Phi) is 3.40. The zero-order chi connectivity index (χ0) is 11.6. The minimum Gasteiger partial charge on any atom is -0.369 e. The fourth-order valence-electron chi connectivity index (χ4n) is 1.75. The first-order valence-electron chi connectivity index (χ1n) is 4.87. The van der Waals surface area contributed by atoms with Crippen molar-refractivity contribution in [2.75, 3.05) is 0 Å². The minimum absolute atomic E-state index is 0.181. The lowest BCUT2D eigenvalue weighted by atomic mass is 9.76. The third-order valence-electron chi connectivity index (χ3n) is 2.35. The topological polar surface area (TPSA) is 43.1 Å². The second kappa shape index (κ2) is 4.23. The number of primary amides is 1. The first-order valence-corrected chi connectivity index (χ1v) is 5.25. The molecule has 0 spiro atoms. The van der Waals surface area contributed by atoms with Gasteiger partial charge in [0.25, 0.3) is 0 Å². The molecule has 1 aromatic carbocycles. The van der Waals surface area contributed by atoms with E-state index in [1.807, 2.05) is 32.9 Å². The molecule has 0 radical (unpaired) electrons. The molecule has 1 amide bonds. The molecule has 1 atom stereocenters. The van der Waals surface area contributed by atoms with E-state index in [-0.39, 0.29) is 17.2 Å². The van der Waals surface area contributed by atoms with Gasteiger partial charge in [0, 0.05) is 5.02 Å². The van der Waals surface area contributed by atoms with Crippen LogP contribution in [0.2, 0.25) is 5.02 Å². The van der Waals surface area contributed by atoms with Crippen LogP contribution in [-0.4, -0.2) is 5.91 Å². The molecule has 0 saturated heterocycles. The van der Waals surface area contributed by atoms with E-state index >= 15 is 0 Å². The number of amides is 1. The van der Waals surface area contributed by atoms with E-state index < -0.39 is 0 Å². The first kappa shape index (κ1) is 12.1. The molecule has 0 aromatic heterocycles. The Balaban J connectivity index is 3.11. The van der Waals surface area contributed by atoms with E-state index in [1.54, 1.807) is 12.1 Å². The third kappa shape index (κ3) is 2.96. The summed E-state index contributed by atoms with van der Waals surface area (Å²) in [5.41, 5.74) is 6.16. The largest absolute Gasteiger partial charge is 0.369 e. The van der Waals surface area contributed by atoms with Gasteiger partial charge in [-0.15, -0.1) is 0 Å². The van der Waals surface area contributed by atoms with E-state index in [1.165, 1.54) is 0 Å². The lowest BCUT2D eigenvalue weighted by Crippen LogP contribution is -2.31. The molecule has 3 heteroatoms. The maximum absolute atomic E-state index is 11.4. The van der Waals surface area contributed by atoms with E-state index in [2.05, 4.69) is 0 Å². The smallest absolute Gasteiger partial charge is 0.225 e. The Morgan fingerprint density at radius 2 is 1.73 bits per heavy atom. The highest BCUT2D eigenvalue weighted by Gasteiger charge is 2.30. The number of rotatable bonds is 2. The van der Waals surface area contributed by atoms with Crippen LogP contribution >= 0.6 is 11.6 Å². The Bertz CT molecular complexity index is 351. The summed E-state index contributed by atoms with van der Waals surface area (Å²) >= 11 is 5.79. The molecule has 1 rings (SSSR count). The van der Waals surface area contributed by atoms with Crippen molar-refractivity contribution in [1.82, 2.24) is 0 Å². The molecule has 1 aromatic rings. The van der Waals surface area contributed by atoms with E-state index in [0.717, 1.165) is 5.56 Å². The van der Waals surface area contributed by atoms with Gasteiger partial charge < -0.3 is 5.73 Å². The fraction of sp³-hybridized carbons (Fsp3) is 0.417. The van der Waals surface area contributed by atoms with Gasteiger partial charge in [0.15, 0.2) is 0 Å². The number of carbonyl (C=O) groups excluding carboxylic acids is 1. The number of carbonyl (C=O) groups is 1. The molecule has 0 aliphatic carbocycles. The second-order valence-corrected chi connectivity index (χ2v) is 5.19. The molecule has 1 unspecified atom stereocenters. The number of hydrogen-bond acceptors (Lipinski definition) is 1. The zero-order valence-electron chi connectivity index (χ0n) is 9.25. The van der Waals surface area contributed by atoms with Crippen LogP contribution in [0.3, 0.4) is 0 Å². The Labute approximate surface area is 95.4 Å². The summed E-state index contributed by atoms with van der Waals surface area (Å²) in [5, 5.41) is 0.663. The molecule has 0 heterocycles. The molecule has 0 fully saturated rings. The summed E-state index contributed by atoms with van der Waals surface area (Å²) < 4.78 is 0. The lowest BCUT2D eigenvalue weighted by molar-refractivity contribution is -0.121. The monoisotopic (exact) mass is 225 g/mol. The average Bonchev–Trinajstić information content (AvgIpc) is 2.05. The van der Waals surface area contributed by atoms with Gasteiger partial charge in [-0.3, -0.25) is 4.79 Å². The van der Waals surface area contributed by atoms with Gasteiger partial charge in [0.05, 0.1) is 5.92 Å². The van der Waals surface area contributed by atoms with Crippen molar-refractivity contribution >= 4 is 17.5 Å². The van der Waals surface area contributed by atoms with Gasteiger partial charge in [-0.05, 0) is 23.1 Å². The van der Waals surface area contributed by atoms with Gasteiger partial charge in [-0.1, -0.05) is 44.5 Å². The SMILES string of the molecule is CC(C)(C)C(C(N)=O)c1ccc(Cl)cc1. The van der Waals surface area contributed by atoms with E-state index in [4.69, 9.17) is 17.3 Å². The summed E-state index contributed by atoms with van der Waals surface area (Å²) in [6.45, 7) is 5.99. The summed E-state index contributed by atoms with van der Waals surface area (Å²) in [7, 11) is 0. The number of halogens is 1. The van der Waals surface area contributed by atoms with Crippen molar-refractivity contribution in [3.8, 4) is 0 Å². The van der Waals surface area contributed by atoms with Crippen LogP contribution in [0.4, 0.5) is 0 Å². The van der Waals surface area contributed by atoms with Gasteiger partial charge in [-0.25, -0.2) is 0 Å². The van der Waals surface area contributed by atoms with Gasteiger partial charge in [-0.2, -0.15) is 0 Å². The van der Waals surface area contributed by atoms with Crippen molar-refractivity contribution in [2.24, 2.45) is 11.1 Å². The number of nitrogens with two attached hydrogens (primary N) is 1. The highest BCUT2D eigenvalue weighted by atomic mass is 35.5. The highest BCUT2D eigenvalue weighted by molar-refractivity contribution is 6.30. The third-order valence-corrected chi connectivity index (χ3v) is 2.61. The standard InChI is InChI=1S/C12H16ClNO/c1-12(2,3)10(11(14)15)8-4-6-9(13)7-5-8/h4-7,10H,1-3H3,(H2,14,15). The summed E-state index contributed by atoms with van der Waals surface area (Å²) in [5.74, 6) is -0.584. The minimum atomic E-state index is -0.301. The van der Waals surface area contributed by atoms with E-state index in [9.17, 15) is 4.79 Å². The van der Waals surface area contributed by atoms with Gasteiger partial charge in [0.2, 0.25) is 5.91 Å². The molecule has 2 N–H and O–H groups in total. The molecule has 0 aliphatic heterocycles. The predicted molar refractivity (Wildman–Crippen MR) is 62.8 cm³/mol. The van der Waals surface area contributed by atoms with Crippen LogP contribution in [0, 0.1) is 5.41 Å². The molecule has 82 valence electrons. The second-order valence-electron chi connectivity index (χ2n) is 4.75. The molecule has 0 saturated carbocycles. The normalized spacial score (nSPS) is 13.6. The molecule has 15 heavy (non-hydrogen) atoms. The number of benzene rings is 1. The molecule has 0 bridgehead atoms. The quantitative estimate of drug-likeness (QED) is 0.826. The van der Waals surface area contributed by atoms with Crippen LogP contribution in [-0.2, 0) is 4.79 Å². The van der Waals surface area contributed by atoms with Gasteiger partial charge in [0.1, 0.15) is 0 Å². The maximum atomic E-state index is 11.4. The van der Waals surface area contributed by atoms with Crippen LogP contribution in [0.25, 0.3) is 0 Å². The zero-order valence-corrected chi connectivity index (χ0v) is 10.0. The van der Waals surface area contributed by atoms with Gasteiger partial charge >= 0.3 is 0 Å². The molecular weight excluding hydrogens is 210 g/mol. The predicted octanol–water partition coefficient (Wildman–Crippen LogP) is 2.96. The Hall–Kier alpha value is -1.02. The molecular formula is C12H16ClNO. The van der Waals surface area contributed by atoms with Crippen molar-refractivity contribution in [3.05, 3.63) is 34.9 Å². The Morgan fingerprint density at radius 3 is 2.07 bits per heavy atom. The average molecular weight is 226 g/mol. The molecule has 2 nitrogen and oxygen atoms in total. The molecule has 0 aliphatic rings. The van der Waals surface area contributed by atoms with Crippen LogP contribution in [0.1, 0.15) is 32.3 Å². The van der Waals surface area contributed by atoms with Crippen LogP contribution in [0.15, 0.2) is 24.3 Å². The highest BCUT2D eigenvalue weighted by Crippen LogP contribution is 2.34. The fourth-order valence-corrected chi connectivity index (χ4v) is 1.87. The first-order chi connectivity index (χ1) is 6.82. The van der Waals surface area contributed by atoms with Crippen LogP contribution < -0.4 is 5.73 Å². The summed E-state index contributed by atoms with van der Waals surface area (Å²) in [6.07, 6.45) is 0. The Morgan fingerprint density at radius 1 is 1.27 bits per heavy atom. The van der Waals surface area contributed by atoms with Crippen molar-refractivity contribution in [3.63, 3.8) is 0 Å². The van der Waals surface area contributed by atoms with E-state index in [0.29, 0.717) is 5.02 Å². The number of hydrogen-bond donors (Lipinski definition) is 1. The van der Waals surface area contributed by atoms with Crippen LogP contribution in [0.5, 0.6) is 0 Å². The van der Waals surface area contributed by atoms with Crippen molar-refractivity contribution in [2.45, 2.75) is 26.7 Å². The lowest BCUT2D eigenvalue weighted by Gasteiger charge is -2.28. The van der Waals surface area contributed by atoms with Crippen molar-refractivity contribution in [1.29, 1.82) is 0 Å². The maximum Gasteiger partial charge on any atom is 0.225 e. The summed E-state index contributed by atoms with van der Waals surface area (Å²) in [6, 6.07) is 7.25. The van der Waals surface area contributed by atoms with Crippen molar-refractivity contribution < 1.29 is 4.79 Å².